The minimum absolute atomic E-state index is 0.243. The van der Waals surface area contributed by atoms with Gasteiger partial charge in [-0.15, -0.1) is 0 Å². The van der Waals surface area contributed by atoms with E-state index in [1.54, 1.807) is 25.4 Å². The molecule has 1 aliphatic rings. The Hall–Kier alpha value is -2.55. The monoisotopic (exact) mass is 380 g/mol. The minimum atomic E-state index is -4.29. The normalized spacial score (nSPS) is 18.7. The first-order valence-corrected chi connectivity index (χ1v) is 8.78. The standard InChI is InChI=1S/C18H23F3N6/c1-22-17(23-10-15-6-8-24-26-15)25-16-7-9-27(12-16)11-13-2-4-14(5-3-13)18(19,20)21/h2-6,8,16H,7,9-12H2,1H3,(H,24,26)(H2,22,23,25). The molecule has 27 heavy (non-hydrogen) atoms. The predicted molar refractivity (Wildman–Crippen MR) is 97.0 cm³/mol. The van der Waals surface area contributed by atoms with Crippen LogP contribution in [-0.4, -0.2) is 47.2 Å². The fourth-order valence-corrected chi connectivity index (χ4v) is 3.10. The smallest absolute Gasteiger partial charge is 0.352 e. The average molecular weight is 380 g/mol. The second kappa shape index (κ2) is 8.43. The maximum Gasteiger partial charge on any atom is 0.416 e. The SMILES string of the molecule is CN=C(NCc1ccn[nH]1)NC1CCN(Cc2ccc(C(F)(F)F)cc2)C1. The molecule has 1 saturated heterocycles. The number of benzene rings is 1. The van der Waals surface area contributed by atoms with Gasteiger partial charge in [0.15, 0.2) is 5.96 Å². The van der Waals surface area contributed by atoms with Crippen molar-refractivity contribution in [2.24, 2.45) is 4.99 Å². The number of hydrogen-bond acceptors (Lipinski definition) is 3. The zero-order valence-electron chi connectivity index (χ0n) is 15.1. The lowest BCUT2D eigenvalue weighted by atomic mass is 10.1. The average Bonchev–Trinajstić information content (AvgIpc) is 3.30. The number of halogens is 3. The van der Waals surface area contributed by atoms with E-state index in [1.165, 1.54) is 0 Å². The van der Waals surface area contributed by atoms with Crippen LogP contribution in [0.25, 0.3) is 0 Å². The molecule has 1 aliphatic heterocycles. The minimum Gasteiger partial charge on any atom is -0.352 e. The molecule has 0 aliphatic carbocycles. The first kappa shape index (κ1) is 19.2. The molecule has 0 saturated carbocycles. The van der Waals surface area contributed by atoms with Crippen molar-refractivity contribution in [2.75, 3.05) is 20.1 Å². The van der Waals surface area contributed by atoms with Crippen LogP contribution in [0.1, 0.15) is 23.2 Å². The van der Waals surface area contributed by atoms with Gasteiger partial charge < -0.3 is 10.6 Å². The molecular formula is C18H23F3N6. The van der Waals surface area contributed by atoms with Crippen LogP contribution in [-0.2, 0) is 19.3 Å². The number of nitrogens with zero attached hydrogens (tertiary/aromatic N) is 3. The molecule has 2 aromatic rings. The zero-order chi connectivity index (χ0) is 19.3. The summed E-state index contributed by atoms with van der Waals surface area (Å²) in [4.78, 5) is 6.45. The fourth-order valence-electron chi connectivity index (χ4n) is 3.10. The first-order chi connectivity index (χ1) is 12.9. The number of guanidine groups is 1. The Morgan fingerprint density at radius 1 is 1.30 bits per heavy atom. The first-order valence-electron chi connectivity index (χ1n) is 8.78. The second-order valence-corrected chi connectivity index (χ2v) is 6.57. The predicted octanol–water partition coefficient (Wildman–Crippen LogP) is 2.37. The third-order valence-corrected chi connectivity index (χ3v) is 4.53. The van der Waals surface area contributed by atoms with E-state index in [-0.39, 0.29) is 6.04 Å². The zero-order valence-corrected chi connectivity index (χ0v) is 15.1. The largest absolute Gasteiger partial charge is 0.416 e. The van der Waals surface area contributed by atoms with Crippen LogP contribution in [0.3, 0.4) is 0 Å². The number of aliphatic imine (C=N–C) groups is 1. The summed E-state index contributed by atoms with van der Waals surface area (Å²) in [5.74, 6) is 0.714. The highest BCUT2D eigenvalue weighted by Crippen LogP contribution is 2.29. The summed E-state index contributed by atoms with van der Waals surface area (Å²) in [6.07, 6.45) is -1.64. The number of hydrogen-bond donors (Lipinski definition) is 3. The number of aromatic nitrogens is 2. The van der Waals surface area contributed by atoms with E-state index >= 15 is 0 Å². The van der Waals surface area contributed by atoms with Crippen molar-refractivity contribution in [1.82, 2.24) is 25.7 Å². The maximum absolute atomic E-state index is 12.6. The Morgan fingerprint density at radius 2 is 2.07 bits per heavy atom. The van der Waals surface area contributed by atoms with Crippen molar-refractivity contribution < 1.29 is 13.2 Å². The lowest BCUT2D eigenvalue weighted by Gasteiger charge is -2.19. The van der Waals surface area contributed by atoms with Crippen molar-refractivity contribution in [3.05, 3.63) is 53.3 Å². The van der Waals surface area contributed by atoms with Gasteiger partial charge in [0, 0.05) is 38.9 Å². The van der Waals surface area contributed by atoms with E-state index < -0.39 is 11.7 Å². The van der Waals surface area contributed by atoms with Crippen molar-refractivity contribution in [3.8, 4) is 0 Å². The molecule has 2 heterocycles. The molecule has 0 spiro atoms. The third kappa shape index (κ3) is 5.46. The number of rotatable bonds is 5. The molecule has 9 heteroatoms. The summed E-state index contributed by atoms with van der Waals surface area (Å²) in [5, 5.41) is 13.4. The molecule has 1 unspecified atom stereocenters. The highest BCUT2D eigenvalue weighted by atomic mass is 19.4. The van der Waals surface area contributed by atoms with E-state index in [0.717, 1.165) is 42.9 Å². The van der Waals surface area contributed by atoms with Crippen LogP contribution in [0.5, 0.6) is 0 Å². The molecular weight excluding hydrogens is 357 g/mol. The van der Waals surface area contributed by atoms with Crippen LogP contribution in [0.15, 0.2) is 41.5 Å². The van der Waals surface area contributed by atoms with E-state index in [1.807, 2.05) is 6.07 Å². The van der Waals surface area contributed by atoms with Gasteiger partial charge in [-0.05, 0) is 30.2 Å². The van der Waals surface area contributed by atoms with E-state index in [2.05, 4.69) is 30.7 Å². The molecule has 1 aromatic carbocycles. The second-order valence-electron chi connectivity index (χ2n) is 6.57. The summed E-state index contributed by atoms with van der Waals surface area (Å²) in [6, 6.07) is 7.52. The van der Waals surface area contributed by atoms with E-state index in [4.69, 9.17) is 0 Å². The molecule has 3 rings (SSSR count). The fraction of sp³-hybridized carbons (Fsp3) is 0.444. The van der Waals surface area contributed by atoms with Crippen molar-refractivity contribution >= 4 is 5.96 Å². The molecule has 1 atom stereocenters. The van der Waals surface area contributed by atoms with Crippen LogP contribution in [0, 0.1) is 0 Å². The van der Waals surface area contributed by atoms with Gasteiger partial charge in [-0.2, -0.15) is 18.3 Å². The van der Waals surface area contributed by atoms with Crippen molar-refractivity contribution in [1.29, 1.82) is 0 Å². The lowest BCUT2D eigenvalue weighted by Crippen LogP contribution is -2.44. The van der Waals surface area contributed by atoms with Crippen LogP contribution in [0.2, 0.25) is 0 Å². The number of nitrogens with one attached hydrogen (secondary N) is 3. The lowest BCUT2D eigenvalue weighted by molar-refractivity contribution is -0.137. The molecule has 146 valence electrons. The van der Waals surface area contributed by atoms with E-state index in [9.17, 15) is 13.2 Å². The summed E-state index contributed by atoms with van der Waals surface area (Å²) in [6.45, 7) is 2.93. The Bertz CT molecular complexity index is 739. The summed E-state index contributed by atoms with van der Waals surface area (Å²) in [7, 11) is 1.72. The molecule has 6 nitrogen and oxygen atoms in total. The highest BCUT2D eigenvalue weighted by molar-refractivity contribution is 5.79. The van der Waals surface area contributed by atoms with Crippen molar-refractivity contribution in [2.45, 2.75) is 31.7 Å². The summed E-state index contributed by atoms with van der Waals surface area (Å²) >= 11 is 0. The molecule has 3 N–H and O–H groups in total. The summed E-state index contributed by atoms with van der Waals surface area (Å²) < 4.78 is 37.9. The molecule has 0 bridgehead atoms. The quantitative estimate of drug-likeness (QED) is 0.550. The van der Waals surface area contributed by atoms with Gasteiger partial charge in [-0.25, -0.2) is 0 Å². The van der Waals surface area contributed by atoms with Gasteiger partial charge in [-0.1, -0.05) is 12.1 Å². The van der Waals surface area contributed by atoms with Gasteiger partial charge >= 0.3 is 6.18 Å². The maximum atomic E-state index is 12.6. The highest BCUT2D eigenvalue weighted by Gasteiger charge is 2.30. The molecule has 1 aromatic heterocycles. The van der Waals surface area contributed by atoms with Gasteiger partial charge in [0.2, 0.25) is 0 Å². The van der Waals surface area contributed by atoms with E-state index in [0.29, 0.717) is 19.0 Å². The molecule has 0 radical (unpaired) electrons. The van der Waals surface area contributed by atoms with Crippen LogP contribution in [0.4, 0.5) is 13.2 Å². The number of aromatic amines is 1. The number of likely N-dealkylation sites (tertiary alicyclic amines) is 1. The van der Waals surface area contributed by atoms with Gasteiger partial charge in [0.25, 0.3) is 0 Å². The topological polar surface area (TPSA) is 68.3 Å². The summed E-state index contributed by atoms with van der Waals surface area (Å²) in [5.41, 5.74) is 1.23. The number of alkyl halides is 3. The Balaban J connectivity index is 1.46. The molecule has 1 fully saturated rings. The van der Waals surface area contributed by atoms with Gasteiger partial charge in [0.05, 0.1) is 17.8 Å². The Kier molecular flexibility index (Phi) is 6.00. The van der Waals surface area contributed by atoms with Crippen LogP contribution < -0.4 is 10.6 Å². The van der Waals surface area contributed by atoms with Crippen molar-refractivity contribution in [3.63, 3.8) is 0 Å². The molecule has 0 amide bonds. The van der Waals surface area contributed by atoms with Gasteiger partial charge in [0.1, 0.15) is 0 Å². The third-order valence-electron chi connectivity index (χ3n) is 4.53. The Labute approximate surface area is 155 Å². The number of H-pyrrole nitrogens is 1. The van der Waals surface area contributed by atoms with Gasteiger partial charge in [-0.3, -0.25) is 15.0 Å². The van der Waals surface area contributed by atoms with Crippen LogP contribution >= 0.6 is 0 Å². The Morgan fingerprint density at radius 3 is 2.70 bits per heavy atom.